The molecule has 2 aromatic carbocycles. The van der Waals surface area contributed by atoms with Crippen LogP contribution in [0.5, 0.6) is 11.5 Å². The first kappa shape index (κ1) is 21.7. The number of pyridine rings is 1. The SMILES string of the molecule is O=c1[nH]c2cc3c(cc2cc1CN(C[C@@H]1CCCO1)C(=S)NCCc1ccccc1)OCO3. The second-order valence-corrected chi connectivity index (χ2v) is 8.79. The fourth-order valence-electron chi connectivity index (χ4n) is 4.29. The van der Waals surface area contributed by atoms with Crippen molar-refractivity contribution >= 4 is 28.2 Å². The summed E-state index contributed by atoms with van der Waals surface area (Å²) in [5.41, 5.74) is 2.49. The average molecular weight is 466 g/mol. The maximum absolute atomic E-state index is 12.9. The molecule has 2 aliphatic rings. The summed E-state index contributed by atoms with van der Waals surface area (Å²) in [7, 11) is 0. The Kier molecular flexibility index (Phi) is 6.46. The molecule has 0 aliphatic carbocycles. The molecule has 33 heavy (non-hydrogen) atoms. The zero-order valence-electron chi connectivity index (χ0n) is 18.3. The lowest BCUT2D eigenvalue weighted by Gasteiger charge is -2.28. The summed E-state index contributed by atoms with van der Waals surface area (Å²) in [6, 6.07) is 15.9. The molecule has 1 aromatic heterocycles. The molecule has 1 fully saturated rings. The number of aromatic amines is 1. The summed E-state index contributed by atoms with van der Waals surface area (Å²) < 4.78 is 16.8. The van der Waals surface area contributed by atoms with Crippen molar-refractivity contribution in [2.75, 3.05) is 26.5 Å². The number of benzene rings is 2. The molecular formula is C25H27N3O4S. The molecule has 8 heteroatoms. The van der Waals surface area contributed by atoms with Crippen LogP contribution in [0.25, 0.3) is 10.9 Å². The molecule has 0 radical (unpaired) electrons. The minimum absolute atomic E-state index is 0.118. The van der Waals surface area contributed by atoms with E-state index in [1.807, 2.05) is 41.3 Å². The topological polar surface area (TPSA) is 75.8 Å². The summed E-state index contributed by atoms with van der Waals surface area (Å²) >= 11 is 5.74. The van der Waals surface area contributed by atoms with Crippen molar-refractivity contribution in [2.24, 2.45) is 0 Å². The largest absolute Gasteiger partial charge is 0.454 e. The van der Waals surface area contributed by atoms with Gasteiger partial charge in [0.05, 0.1) is 18.2 Å². The zero-order valence-corrected chi connectivity index (χ0v) is 19.2. The first-order valence-electron chi connectivity index (χ1n) is 11.3. The molecule has 3 aromatic rings. The average Bonchev–Trinajstić information content (AvgIpc) is 3.50. The summed E-state index contributed by atoms with van der Waals surface area (Å²) in [4.78, 5) is 17.9. The van der Waals surface area contributed by atoms with E-state index in [0.717, 1.165) is 43.3 Å². The van der Waals surface area contributed by atoms with Gasteiger partial charge in [-0.1, -0.05) is 30.3 Å². The Balaban J connectivity index is 1.33. The maximum Gasteiger partial charge on any atom is 0.253 e. The van der Waals surface area contributed by atoms with Gasteiger partial charge < -0.3 is 29.4 Å². The Hall–Kier alpha value is -3.10. The molecule has 2 N–H and O–H groups in total. The van der Waals surface area contributed by atoms with Crippen molar-refractivity contribution in [2.45, 2.75) is 31.9 Å². The minimum atomic E-state index is -0.134. The Morgan fingerprint density at radius 3 is 2.76 bits per heavy atom. The number of thiocarbonyl (C=S) groups is 1. The molecule has 1 atom stereocenters. The van der Waals surface area contributed by atoms with E-state index < -0.39 is 0 Å². The number of nitrogens with zero attached hydrogens (tertiary/aromatic N) is 1. The molecule has 2 aliphatic heterocycles. The molecule has 0 amide bonds. The number of ether oxygens (including phenoxy) is 3. The highest BCUT2D eigenvalue weighted by Crippen LogP contribution is 2.35. The van der Waals surface area contributed by atoms with Gasteiger partial charge in [-0.3, -0.25) is 4.79 Å². The third kappa shape index (κ3) is 5.12. The summed E-state index contributed by atoms with van der Waals surface area (Å²) in [5.74, 6) is 1.34. The van der Waals surface area contributed by atoms with E-state index >= 15 is 0 Å². The molecule has 0 spiro atoms. The molecule has 0 unspecified atom stereocenters. The van der Waals surface area contributed by atoms with E-state index in [1.165, 1.54) is 5.56 Å². The van der Waals surface area contributed by atoms with Crippen LogP contribution >= 0.6 is 12.2 Å². The van der Waals surface area contributed by atoms with Crippen molar-refractivity contribution in [1.82, 2.24) is 15.2 Å². The van der Waals surface area contributed by atoms with Crippen LogP contribution in [0.4, 0.5) is 0 Å². The van der Waals surface area contributed by atoms with Gasteiger partial charge in [-0.05, 0) is 49.2 Å². The molecule has 7 nitrogen and oxygen atoms in total. The molecular weight excluding hydrogens is 438 g/mol. The molecule has 5 rings (SSSR count). The summed E-state index contributed by atoms with van der Waals surface area (Å²) in [6.07, 6.45) is 3.04. The fraction of sp³-hybridized carbons (Fsp3) is 0.360. The maximum atomic E-state index is 12.9. The first-order chi connectivity index (χ1) is 16.2. The summed E-state index contributed by atoms with van der Waals surface area (Å²) in [6.45, 7) is 2.74. The first-order valence-corrected chi connectivity index (χ1v) is 11.7. The number of fused-ring (bicyclic) bond motifs is 2. The van der Waals surface area contributed by atoms with Gasteiger partial charge in [0.2, 0.25) is 6.79 Å². The number of hydrogen-bond donors (Lipinski definition) is 2. The predicted molar refractivity (Wildman–Crippen MR) is 131 cm³/mol. The van der Waals surface area contributed by atoms with Crippen LogP contribution < -0.4 is 20.3 Å². The van der Waals surface area contributed by atoms with Crippen LogP contribution in [0.2, 0.25) is 0 Å². The van der Waals surface area contributed by atoms with E-state index in [2.05, 4.69) is 22.4 Å². The van der Waals surface area contributed by atoms with Gasteiger partial charge in [0.1, 0.15) is 0 Å². The van der Waals surface area contributed by atoms with Crippen LogP contribution in [-0.4, -0.2) is 47.6 Å². The number of H-pyrrole nitrogens is 1. The fourth-order valence-corrected chi connectivity index (χ4v) is 4.53. The van der Waals surface area contributed by atoms with E-state index in [0.29, 0.717) is 35.3 Å². The van der Waals surface area contributed by atoms with Crippen molar-refractivity contribution in [3.8, 4) is 11.5 Å². The highest BCUT2D eigenvalue weighted by Gasteiger charge is 2.22. The second kappa shape index (κ2) is 9.80. The summed E-state index contributed by atoms with van der Waals surface area (Å²) in [5, 5.41) is 4.90. The van der Waals surface area contributed by atoms with Gasteiger partial charge in [-0.2, -0.15) is 0 Å². The van der Waals surface area contributed by atoms with E-state index in [-0.39, 0.29) is 18.5 Å². The van der Waals surface area contributed by atoms with Gasteiger partial charge in [0, 0.05) is 36.7 Å². The third-order valence-corrected chi connectivity index (χ3v) is 6.45. The van der Waals surface area contributed by atoms with E-state index in [4.69, 9.17) is 26.4 Å². The number of hydrogen-bond acceptors (Lipinski definition) is 5. The van der Waals surface area contributed by atoms with Gasteiger partial charge in [0.15, 0.2) is 16.6 Å². The van der Waals surface area contributed by atoms with Crippen molar-refractivity contribution < 1.29 is 14.2 Å². The Morgan fingerprint density at radius 2 is 1.97 bits per heavy atom. The van der Waals surface area contributed by atoms with Gasteiger partial charge in [0.25, 0.3) is 5.56 Å². The standard InChI is InChI=1S/C25H27N3O4S/c29-24-19(11-18-12-22-23(32-16-31-22)13-21(18)27-24)14-28(15-20-7-4-10-30-20)25(33)26-9-8-17-5-2-1-3-6-17/h1-3,5-6,11-13,20H,4,7-10,14-16H2,(H,26,33)(H,27,29)/t20-/m0/s1. The molecule has 0 saturated carbocycles. The monoisotopic (exact) mass is 465 g/mol. The van der Waals surface area contributed by atoms with Crippen LogP contribution in [0.15, 0.2) is 53.3 Å². The predicted octanol–water partition coefficient (Wildman–Crippen LogP) is 3.36. The molecule has 0 bridgehead atoms. The molecule has 172 valence electrons. The van der Waals surface area contributed by atoms with Gasteiger partial charge >= 0.3 is 0 Å². The number of aromatic nitrogens is 1. The van der Waals surface area contributed by atoms with Gasteiger partial charge in [-0.25, -0.2) is 0 Å². The zero-order chi connectivity index (χ0) is 22.6. The minimum Gasteiger partial charge on any atom is -0.454 e. The molecule has 3 heterocycles. The lowest BCUT2D eigenvalue weighted by Crippen LogP contribution is -2.44. The van der Waals surface area contributed by atoms with Crippen LogP contribution in [0.3, 0.4) is 0 Å². The Labute approximate surface area is 197 Å². The highest BCUT2D eigenvalue weighted by atomic mass is 32.1. The number of nitrogens with one attached hydrogen (secondary N) is 2. The molecule has 1 saturated heterocycles. The van der Waals surface area contributed by atoms with Crippen molar-refractivity contribution in [3.63, 3.8) is 0 Å². The Morgan fingerprint density at radius 1 is 1.15 bits per heavy atom. The number of rotatable bonds is 7. The Bertz CT molecular complexity index is 1190. The third-order valence-electron chi connectivity index (χ3n) is 6.04. The lowest BCUT2D eigenvalue weighted by molar-refractivity contribution is 0.0897. The van der Waals surface area contributed by atoms with E-state index in [9.17, 15) is 4.79 Å². The van der Waals surface area contributed by atoms with Crippen molar-refractivity contribution in [1.29, 1.82) is 0 Å². The smallest absolute Gasteiger partial charge is 0.253 e. The normalized spacial score (nSPS) is 16.8. The van der Waals surface area contributed by atoms with E-state index in [1.54, 1.807) is 0 Å². The van der Waals surface area contributed by atoms with Crippen molar-refractivity contribution in [3.05, 3.63) is 70.0 Å². The van der Waals surface area contributed by atoms with Crippen LogP contribution in [0.1, 0.15) is 24.0 Å². The lowest BCUT2D eigenvalue weighted by atomic mass is 10.1. The van der Waals surface area contributed by atoms with Crippen LogP contribution in [0, 0.1) is 0 Å². The highest BCUT2D eigenvalue weighted by molar-refractivity contribution is 7.80. The second-order valence-electron chi connectivity index (χ2n) is 8.40. The van der Waals surface area contributed by atoms with Gasteiger partial charge in [-0.15, -0.1) is 0 Å². The quantitative estimate of drug-likeness (QED) is 0.518. The van der Waals surface area contributed by atoms with Crippen LogP contribution in [-0.2, 0) is 17.7 Å².